The van der Waals surface area contributed by atoms with Gasteiger partial charge in [-0.15, -0.1) is 0 Å². The third kappa shape index (κ3) is 5.21. The Morgan fingerprint density at radius 3 is 2.16 bits per heavy atom. The highest BCUT2D eigenvalue weighted by molar-refractivity contribution is 6.02. The van der Waals surface area contributed by atoms with Crippen LogP contribution in [0.2, 0.25) is 0 Å². The second kappa shape index (κ2) is 10.0. The van der Waals surface area contributed by atoms with Crippen molar-refractivity contribution in [2.45, 2.75) is 66.7 Å². The van der Waals surface area contributed by atoms with Crippen molar-refractivity contribution in [2.75, 3.05) is 5.73 Å². The SMILES string of the molecule is CCC(=Nc1c(C)cc(Cc2cc(C)c(N)c(CC)c2)cc1C(C)C)c1ccc(O)cc1. The summed E-state index contributed by atoms with van der Waals surface area (Å²) in [5.74, 6) is 0.640. The smallest absolute Gasteiger partial charge is 0.115 e. The van der Waals surface area contributed by atoms with E-state index in [1.807, 2.05) is 12.1 Å². The minimum absolute atomic E-state index is 0.275. The zero-order chi connectivity index (χ0) is 23.4. The van der Waals surface area contributed by atoms with Gasteiger partial charge in [-0.1, -0.05) is 52.0 Å². The number of benzene rings is 3. The molecule has 0 atom stereocenters. The third-order valence-corrected chi connectivity index (χ3v) is 6.12. The Morgan fingerprint density at radius 2 is 1.56 bits per heavy atom. The molecule has 0 aliphatic heterocycles. The van der Waals surface area contributed by atoms with E-state index in [1.54, 1.807) is 12.1 Å². The van der Waals surface area contributed by atoms with E-state index in [0.29, 0.717) is 5.92 Å². The number of anilines is 1. The van der Waals surface area contributed by atoms with Crippen LogP contribution in [0, 0.1) is 13.8 Å². The van der Waals surface area contributed by atoms with Crippen molar-refractivity contribution in [1.82, 2.24) is 0 Å². The lowest BCUT2D eigenvalue weighted by atomic mass is 9.91. The number of aliphatic imine (C=N–C) groups is 1. The van der Waals surface area contributed by atoms with E-state index in [9.17, 15) is 5.11 Å². The number of hydrogen-bond acceptors (Lipinski definition) is 3. The zero-order valence-corrected chi connectivity index (χ0v) is 20.3. The van der Waals surface area contributed by atoms with Crippen molar-refractivity contribution in [3.05, 3.63) is 87.5 Å². The largest absolute Gasteiger partial charge is 0.508 e. The number of aromatic hydroxyl groups is 1. The van der Waals surface area contributed by atoms with E-state index in [-0.39, 0.29) is 5.75 Å². The molecule has 0 aliphatic rings. The van der Waals surface area contributed by atoms with E-state index < -0.39 is 0 Å². The van der Waals surface area contributed by atoms with Gasteiger partial charge >= 0.3 is 0 Å². The first-order valence-corrected chi connectivity index (χ1v) is 11.6. The number of phenols is 1. The predicted molar refractivity (Wildman–Crippen MR) is 138 cm³/mol. The molecule has 0 radical (unpaired) electrons. The van der Waals surface area contributed by atoms with E-state index in [2.05, 4.69) is 65.8 Å². The van der Waals surface area contributed by atoms with Crippen LogP contribution < -0.4 is 5.73 Å². The van der Waals surface area contributed by atoms with Gasteiger partial charge in [-0.3, -0.25) is 4.99 Å². The molecule has 0 aromatic heterocycles. The first-order valence-electron chi connectivity index (χ1n) is 11.6. The van der Waals surface area contributed by atoms with Gasteiger partial charge in [0, 0.05) is 11.4 Å². The van der Waals surface area contributed by atoms with Gasteiger partial charge in [-0.05, 0) is 102 Å². The summed E-state index contributed by atoms with van der Waals surface area (Å²) >= 11 is 0. The highest BCUT2D eigenvalue weighted by atomic mass is 16.3. The van der Waals surface area contributed by atoms with Crippen LogP contribution in [0.4, 0.5) is 11.4 Å². The number of rotatable bonds is 7. The van der Waals surface area contributed by atoms with Crippen molar-refractivity contribution in [2.24, 2.45) is 4.99 Å². The normalized spacial score (nSPS) is 11.9. The van der Waals surface area contributed by atoms with Gasteiger partial charge in [0.05, 0.1) is 5.69 Å². The second-order valence-electron chi connectivity index (χ2n) is 8.98. The van der Waals surface area contributed by atoms with Crippen molar-refractivity contribution < 1.29 is 5.11 Å². The fraction of sp³-hybridized carbons (Fsp3) is 0.345. The molecule has 0 saturated carbocycles. The summed E-state index contributed by atoms with van der Waals surface area (Å²) in [6.07, 6.45) is 2.66. The third-order valence-electron chi connectivity index (χ3n) is 6.12. The lowest BCUT2D eigenvalue weighted by Gasteiger charge is -2.17. The lowest BCUT2D eigenvalue weighted by molar-refractivity contribution is 0.475. The number of nitrogens with zero attached hydrogens (tertiary/aromatic N) is 1. The molecule has 32 heavy (non-hydrogen) atoms. The highest BCUT2D eigenvalue weighted by Crippen LogP contribution is 2.34. The number of nitrogens with two attached hydrogens (primary N) is 1. The van der Waals surface area contributed by atoms with Gasteiger partial charge in [-0.25, -0.2) is 0 Å². The molecule has 3 aromatic carbocycles. The number of hydrogen-bond donors (Lipinski definition) is 2. The Balaban J connectivity index is 2.03. The minimum atomic E-state index is 0.275. The molecular weight excluding hydrogens is 392 g/mol. The van der Waals surface area contributed by atoms with Crippen LogP contribution in [0.5, 0.6) is 5.75 Å². The molecule has 0 fully saturated rings. The molecule has 0 amide bonds. The minimum Gasteiger partial charge on any atom is -0.508 e. The van der Waals surface area contributed by atoms with E-state index >= 15 is 0 Å². The first-order chi connectivity index (χ1) is 15.2. The average molecular weight is 429 g/mol. The summed E-state index contributed by atoms with van der Waals surface area (Å²) in [4.78, 5) is 5.12. The van der Waals surface area contributed by atoms with Crippen LogP contribution >= 0.6 is 0 Å². The van der Waals surface area contributed by atoms with Crippen molar-refractivity contribution in [3.63, 3.8) is 0 Å². The molecule has 0 heterocycles. The predicted octanol–water partition coefficient (Wildman–Crippen LogP) is 7.40. The standard InChI is InChI=1S/C29H36N2O/c1-7-23-16-21(13-19(5)28(23)30)15-22-14-20(6)29(26(17-22)18(3)4)31-27(8-2)24-9-11-25(32)12-10-24/h9-14,16-18,32H,7-8,15,30H2,1-6H3. The Morgan fingerprint density at radius 1 is 0.938 bits per heavy atom. The molecule has 0 saturated heterocycles. The summed E-state index contributed by atoms with van der Waals surface area (Å²) in [5, 5.41) is 9.63. The molecule has 168 valence electrons. The van der Waals surface area contributed by atoms with Crippen molar-refractivity contribution in [3.8, 4) is 5.75 Å². The maximum absolute atomic E-state index is 9.63. The summed E-state index contributed by atoms with van der Waals surface area (Å²) in [5.41, 5.74) is 17.8. The fourth-order valence-corrected chi connectivity index (χ4v) is 4.30. The highest BCUT2D eigenvalue weighted by Gasteiger charge is 2.14. The molecule has 0 spiro atoms. The number of phenolic OH excluding ortho intramolecular Hbond substituents is 1. The Labute approximate surface area is 193 Å². The molecular formula is C29H36N2O. The number of aryl methyl sites for hydroxylation is 3. The van der Waals surface area contributed by atoms with Crippen LogP contribution in [0.1, 0.15) is 79.0 Å². The van der Waals surface area contributed by atoms with Gasteiger partial charge in [0.15, 0.2) is 0 Å². The first kappa shape index (κ1) is 23.6. The van der Waals surface area contributed by atoms with Gasteiger partial charge in [0.25, 0.3) is 0 Å². The molecule has 3 nitrogen and oxygen atoms in total. The maximum Gasteiger partial charge on any atom is 0.115 e. The van der Waals surface area contributed by atoms with E-state index in [0.717, 1.165) is 47.5 Å². The molecule has 0 aliphatic carbocycles. The van der Waals surface area contributed by atoms with Crippen LogP contribution in [-0.2, 0) is 12.8 Å². The molecule has 0 unspecified atom stereocenters. The quantitative estimate of drug-likeness (QED) is 0.304. The van der Waals surface area contributed by atoms with Crippen molar-refractivity contribution >= 4 is 17.1 Å². The van der Waals surface area contributed by atoms with Gasteiger partial charge in [0.1, 0.15) is 5.75 Å². The molecule has 3 aromatic rings. The van der Waals surface area contributed by atoms with Gasteiger partial charge in [-0.2, -0.15) is 0 Å². The summed E-state index contributed by atoms with van der Waals surface area (Å²) in [6, 6.07) is 16.4. The molecule has 3 rings (SSSR count). The second-order valence-corrected chi connectivity index (χ2v) is 8.98. The van der Waals surface area contributed by atoms with E-state index in [1.165, 1.54) is 27.8 Å². The molecule has 3 heteroatoms. The Kier molecular flexibility index (Phi) is 7.40. The topological polar surface area (TPSA) is 58.6 Å². The van der Waals surface area contributed by atoms with Crippen LogP contribution in [-0.4, -0.2) is 10.8 Å². The summed E-state index contributed by atoms with van der Waals surface area (Å²) in [7, 11) is 0. The monoisotopic (exact) mass is 428 g/mol. The van der Waals surface area contributed by atoms with Crippen molar-refractivity contribution in [1.29, 1.82) is 0 Å². The summed E-state index contributed by atoms with van der Waals surface area (Å²) < 4.78 is 0. The van der Waals surface area contributed by atoms with Crippen LogP contribution in [0.3, 0.4) is 0 Å². The van der Waals surface area contributed by atoms with E-state index in [4.69, 9.17) is 10.7 Å². The lowest BCUT2D eigenvalue weighted by Crippen LogP contribution is -2.02. The van der Waals surface area contributed by atoms with Crippen LogP contribution in [0.15, 0.2) is 53.5 Å². The number of nitrogen functional groups attached to an aromatic ring is 1. The Bertz CT molecular complexity index is 1120. The zero-order valence-electron chi connectivity index (χ0n) is 20.3. The Hall–Kier alpha value is -3.07. The average Bonchev–Trinajstić information content (AvgIpc) is 2.76. The molecule has 3 N–H and O–H groups in total. The van der Waals surface area contributed by atoms with Crippen LogP contribution in [0.25, 0.3) is 0 Å². The fourth-order valence-electron chi connectivity index (χ4n) is 4.30. The summed E-state index contributed by atoms with van der Waals surface area (Å²) in [6.45, 7) is 13.0. The van der Waals surface area contributed by atoms with Gasteiger partial charge in [0.2, 0.25) is 0 Å². The molecule has 0 bridgehead atoms. The maximum atomic E-state index is 9.63. The van der Waals surface area contributed by atoms with Gasteiger partial charge < -0.3 is 10.8 Å².